The monoisotopic (exact) mass is 315 g/mol. The molecule has 0 amide bonds. The topological polar surface area (TPSA) is 22.1 Å². The van der Waals surface area contributed by atoms with Crippen LogP contribution in [0.2, 0.25) is 0 Å². The molecule has 0 N–H and O–H groups in total. The minimum absolute atomic E-state index is 0.691. The van der Waals surface area contributed by atoms with E-state index in [0.717, 1.165) is 29.5 Å². The number of hydrogen-bond acceptors (Lipinski definition) is 2. The van der Waals surface area contributed by atoms with Crippen molar-refractivity contribution in [2.24, 2.45) is 0 Å². The number of halogens is 1. The van der Waals surface area contributed by atoms with Crippen molar-refractivity contribution in [2.45, 2.75) is 12.8 Å². The van der Waals surface area contributed by atoms with E-state index in [1.165, 1.54) is 11.1 Å². The quantitative estimate of drug-likeness (QED) is 0.754. The highest BCUT2D eigenvalue weighted by Gasteiger charge is 2.19. The van der Waals surface area contributed by atoms with Crippen molar-refractivity contribution >= 4 is 21.5 Å². The minimum Gasteiger partial charge on any atom is -0.438 e. The number of aromatic nitrogens is 1. The molecule has 96 valence electrons. The standard InChI is InChI=1S/C16H14BrNO/c17-9-3-6-12-11-13-5-1-2-8-15(13)19-16-14(12)7-4-10-18-16/h1-2,4,6-8,10-11H,3,5,9H2. The van der Waals surface area contributed by atoms with Gasteiger partial charge in [-0.15, -0.1) is 0 Å². The molecule has 0 saturated heterocycles. The van der Waals surface area contributed by atoms with Crippen molar-refractivity contribution in [3.8, 4) is 5.88 Å². The molecule has 1 aliphatic heterocycles. The van der Waals surface area contributed by atoms with Gasteiger partial charge < -0.3 is 4.74 Å². The lowest BCUT2D eigenvalue weighted by atomic mass is 10.00. The van der Waals surface area contributed by atoms with Crippen LogP contribution < -0.4 is 4.74 Å². The van der Waals surface area contributed by atoms with Crippen LogP contribution in [0.5, 0.6) is 5.88 Å². The predicted molar refractivity (Wildman–Crippen MR) is 81.2 cm³/mol. The molecule has 0 fully saturated rings. The third kappa shape index (κ3) is 2.56. The van der Waals surface area contributed by atoms with Gasteiger partial charge in [-0.2, -0.15) is 0 Å². The van der Waals surface area contributed by atoms with Crippen molar-refractivity contribution in [1.82, 2.24) is 4.98 Å². The Morgan fingerprint density at radius 2 is 2.37 bits per heavy atom. The molecule has 0 aromatic carbocycles. The summed E-state index contributed by atoms with van der Waals surface area (Å²) in [6.45, 7) is 0. The van der Waals surface area contributed by atoms with Gasteiger partial charge in [-0.1, -0.05) is 34.2 Å². The van der Waals surface area contributed by atoms with E-state index in [9.17, 15) is 0 Å². The largest absolute Gasteiger partial charge is 0.438 e. The first kappa shape index (κ1) is 12.4. The van der Waals surface area contributed by atoms with Gasteiger partial charge in [0.15, 0.2) is 0 Å². The van der Waals surface area contributed by atoms with Crippen LogP contribution in [0.15, 0.2) is 60.0 Å². The summed E-state index contributed by atoms with van der Waals surface area (Å²) in [5.74, 6) is 1.60. The Labute approximate surface area is 121 Å². The van der Waals surface area contributed by atoms with Crippen molar-refractivity contribution in [3.63, 3.8) is 0 Å². The Bertz CT molecular complexity index is 611. The van der Waals surface area contributed by atoms with Crippen LogP contribution in [-0.4, -0.2) is 10.3 Å². The zero-order valence-corrected chi connectivity index (χ0v) is 12.1. The van der Waals surface area contributed by atoms with E-state index in [0.29, 0.717) is 5.88 Å². The molecular formula is C16H14BrNO. The SMILES string of the molecule is BrCCC=C1C=C2CC=CC=C2Oc2ncccc21. The molecule has 1 aliphatic carbocycles. The third-order valence-electron chi connectivity index (χ3n) is 3.13. The first-order chi connectivity index (χ1) is 9.38. The van der Waals surface area contributed by atoms with Crippen LogP contribution in [0.3, 0.4) is 0 Å². The fourth-order valence-electron chi connectivity index (χ4n) is 2.23. The van der Waals surface area contributed by atoms with Crippen molar-refractivity contribution in [3.05, 3.63) is 65.6 Å². The van der Waals surface area contributed by atoms with Crippen LogP contribution in [0.4, 0.5) is 0 Å². The molecule has 0 radical (unpaired) electrons. The fraction of sp³-hybridized carbons (Fsp3) is 0.188. The maximum atomic E-state index is 5.95. The van der Waals surface area contributed by atoms with Gasteiger partial charge in [0.05, 0.1) is 0 Å². The summed E-state index contributed by atoms with van der Waals surface area (Å²) in [7, 11) is 0. The average molecular weight is 316 g/mol. The molecule has 2 nitrogen and oxygen atoms in total. The van der Waals surface area contributed by atoms with Gasteiger partial charge in [-0.3, -0.25) is 0 Å². The Kier molecular flexibility index (Phi) is 3.65. The van der Waals surface area contributed by atoms with E-state index in [1.54, 1.807) is 6.20 Å². The van der Waals surface area contributed by atoms with E-state index in [-0.39, 0.29) is 0 Å². The van der Waals surface area contributed by atoms with E-state index < -0.39 is 0 Å². The molecule has 0 atom stereocenters. The molecule has 3 rings (SSSR count). The number of allylic oxidation sites excluding steroid dienone is 7. The number of pyridine rings is 1. The number of hydrogen-bond donors (Lipinski definition) is 0. The third-order valence-corrected chi connectivity index (χ3v) is 3.59. The minimum atomic E-state index is 0.691. The Morgan fingerprint density at radius 3 is 3.26 bits per heavy atom. The first-order valence-corrected chi connectivity index (χ1v) is 7.48. The van der Waals surface area contributed by atoms with Gasteiger partial charge in [-0.05, 0) is 48.3 Å². The maximum absolute atomic E-state index is 5.95. The Morgan fingerprint density at radius 1 is 1.42 bits per heavy atom. The summed E-state index contributed by atoms with van der Waals surface area (Å²) in [6.07, 6.45) is 14.3. The van der Waals surface area contributed by atoms with E-state index in [2.05, 4.69) is 45.2 Å². The van der Waals surface area contributed by atoms with Crippen molar-refractivity contribution < 1.29 is 4.74 Å². The summed E-state index contributed by atoms with van der Waals surface area (Å²) in [5, 5.41) is 0.957. The summed E-state index contributed by atoms with van der Waals surface area (Å²) in [6, 6.07) is 4.01. The van der Waals surface area contributed by atoms with Gasteiger partial charge in [-0.25, -0.2) is 4.98 Å². The number of alkyl halides is 1. The molecular weight excluding hydrogens is 302 g/mol. The number of fused-ring (bicyclic) bond motifs is 2. The average Bonchev–Trinajstić information content (AvgIpc) is 2.61. The van der Waals surface area contributed by atoms with Gasteiger partial charge in [0.1, 0.15) is 5.76 Å². The zero-order chi connectivity index (χ0) is 13.1. The predicted octanol–water partition coefficient (Wildman–Crippen LogP) is 4.41. The van der Waals surface area contributed by atoms with Gasteiger partial charge in [0.25, 0.3) is 0 Å². The number of ether oxygens (including phenoxy) is 1. The summed E-state index contributed by atoms with van der Waals surface area (Å²) >= 11 is 3.47. The van der Waals surface area contributed by atoms with Crippen molar-refractivity contribution in [2.75, 3.05) is 5.33 Å². The van der Waals surface area contributed by atoms with Crippen molar-refractivity contribution in [1.29, 1.82) is 0 Å². The van der Waals surface area contributed by atoms with Crippen LogP contribution in [0, 0.1) is 0 Å². The highest BCUT2D eigenvalue weighted by molar-refractivity contribution is 9.09. The molecule has 1 aromatic rings. The highest BCUT2D eigenvalue weighted by atomic mass is 79.9. The maximum Gasteiger partial charge on any atom is 0.227 e. The normalized spacial score (nSPS) is 18.9. The molecule has 0 bridgehead atoms. The first-order valence-electron chi connectivity index (χ1n) is 6.35. The molecule has 19 heavy (non-hydrogen) atoms. The lowest BCUT2D eigenvalue weighted by Crippen LogP contribution is -2.01. The molecule has 3 heteroatoms. The number of rotatable bonds is 2. The molecule has 0 saturated carbocycles. The van der Waals surface area contributed by atoms with Crippen LogP contribution in [0.1, 0.15) is 18.4 Å². The van der Waals surface area contributed by atoms with Crippen LogP contribution in [-0.2, 0) is 0 Å². The summed E-state index contributed by atoms with van der Waals surface area (Å²) < 4.78 is 5.95. The van der Waals surface area contributed by atoms with Gasteiger partial charge >= 0.3 is 0 Å². The van der Waals surface area contributed by atoms with E-state index >= 15 is 0 Å². The Balaban J connectivity index is 2.12. The zero-order valence-electron chi connectivity index (χ0n) is 10.5. The second-order valence-corrected chi connectivity index (χ2v) is 5.22. The molecule has 2 heterocycles. The lowest BCUT2D eigenvalue weighted by Gasteiger charge is -2.11. The summed E-state index contributed by atoms with van der Waals surface area (Å²) in [5.41, 5.74) is 3.46. The smallest absolute Gasteiger partial charge is 0.227 e. The number of nitrogens with zero attached hydrogens (tertiary/aromatic N) is 1. The Hall–Kier alpha value is -1.61. The second kappa shape index (κ2) is 5.57. The highest BCUT2D eigenvalue weighted by Crippen LogP contribution is 2.35. The van der Waals surface area contributed by atoms with Crippen LogP contribution >= 0.6 is 15.9 Å². The van der Waals surface area contributed by atoms with Gasteiger partial charge in [0.2, 0.25) is 5.88 Å². The second-order valence-electron chi connectivity index (χ2n) is 4.43. The molecule has 0 spiro atoms. The van der Waals surface area contributed by atoms with E-state index in [1.807, 2.05) is 18.2 Å². The van der Waals surface area contributed by atoms with Crippen LogP contribution in [0.25, 0.3) is 5.57 Å². The fourth-order valence-corrected chi connectivity index (χ4v) is 2.46. The lowest BCUT2D eigenvalue weighted by molar-refractivity contribution is 0.417. The molecule has 0 unspecified atom stereocenters. The molecule has 2 aliphatic rings. The van der Waals surface area contributed by atoms with E-state index in [4.69, 9.17) is 4.74 Å². The summed E-state index contributed by atoms with van der Waals surface area (Å²) in [4.78, 5) is 4.36. The molecule has 1 aromatic heterocycles. The van der Waals surface area contributed by atoms with Gasteiger partial charge in [0, 0.05) is 17.1 Å².